The molecule has 0 bridgehead atoms. The fourth-order valence-corrected chi connectivity index (χ4v) is 1.63. The molecule has 0 heterocycles. The first kappa shape index (κ1) is 14.8. The first-order chi connectivity index (χ1) is 9.92. The van der Waals surface area contributed by atoms with Gasteiger partial charge in [-0.3, -0.25) is 4.79 Å². The van der Waals surface area contributed by atoms with Crippen molar-refractivity contribution in [1.29, 1.82) is 0 Å². The third kappa shape index (κ3) is 3.13. The van der Waals surface area contributed by atoms with Crippen molar-refractivity contribution in [1.82, 2.24) is 0 Å². The molecule has 0 aliphatic carbocycles. The van der Waals surface area contributed by atoms with Gasteiger partial charge in [0, 0.05) is 17.3 Å². The van der Waals surface area contributed by atoms with Gasteiger partial charge in [0.15, 0.2) is 29.0 Å². The third-order valence-electron chi connectivity index (χ3n) is 2.66. The minimum absolute atomic E-state index is 0.0214. The molecule has 0 saturated heterocycles. The molecule has 0 spiro atoms. The van der Waals surface area contributed by atoms with Gasteiger partial charge in [0.05, 0.1) is 7.11 Å². The number of methoxy groups -OCH3 is 1. The van der Waals surface area contributed by atoms with Crippen molar-refractivity contribution >= 4 is 11.6 Å². The molecule has 2 aromatic carbocycles. The van der Waals surface area contributed by atoms with Gasteiger partial charge in [-0.25, -0.2) is 17.6 Å². The second-order valence-corrected chi connectivity index (χ2v) is 4.06. The lowest BCUT2D eigenvalue weighted by atomic mass is 10.2. The molecule has 1 N–H and O–H groups in total. The molecule has 0 radical (unpaired) electrons. The summed E-state index contributed by atoms with van der Waals surface area (Å²) in [6.45, 7) is 0. The maximum Gasteiger partial charge on any atom is 0.255 e. The van der Waals surface area contributed by atoms with E-state index in [4.69, 9.17) is 4.74 Å². The lowest BCUT2D eigenvalue weighted by Crippen LogP contribution is -2.13. The van der Waals surface area contributed by atoms with Gasteiger partial charge in [0.25, 0.3) is 5.91 Å². The summed E-state index contributed by atoms with van der Waals surface area (Å²) in [5, 5.41) is 2.23. The van der Waals surface area contributed by atoms with Gasteiger partial charge in [0.1, 0.15) is 0 Å². The van der Waals surface area contributed by atoms with E-state index < -0.39 is 34.7 Å². The topological polar surface area (TPSA) is 38.3 Å². The Morgan fingerprint density at radius 1 is 1.00 bits per heavy atom. The van der Waals surface area contributed by atoms with Gasteiger partial charge in [-0.1, -0.05) is 0 Å². The zero-order valence-corrected chi connectivity index (χ0v) is 10.7. The Hall–Kier alpha value is -2.57. The van der Waals surface area contributed by atoms with E-state index in [2.05, 4.69) is 5.32 Å². The fraction of sp³-hybridized carbons (Fsp3) is 0.0714. The summed E-state index contributed by atoms with van der Waals surface area (Å²) in [5.41, 5.74) is -0.369. The molecule has 0 saturated carbocycles. The van der Waals surface area contributed by atoms with Gasteiger partial charge in [-0.2, -0.15) is 0 Å². The number of carbonyl (C=O) groups is 1. The van der Waals surface area contributed by atoms with Crippen LogP contribution in [-0.2, 0) is 0 Å². The summed E-state index contributed by atoms with van der Waals surface area (Å²) in [7, 11) is 1.28. The Labute approximate surface area is 117 Å². The predicted molar refractivity (Wildman–Crippen MR) is 67.2 cm³/mol. The molecule has 0 fully saturated rings. The van der Waals surface area contributed by atoms with Crippen LogP contribution in [0.4, 0.5) is 23.2 Å². The normalized spacial score (nSPS) is 10.3. The largest absolute Gasteiger partial charge is 0.494 e. The van der Waals surface area contributed by atoms with Gasteiger partial charge >= 0.3 is 0 Å². The van der Waals surface area contributed by atoms with E-state index in [9.17, 15) is 22.4 Å². The van der Waals surface area contributed by atoms with Crippen molar-refractivity contribution in [2.75, 3.05) is 12.4 Å². The molecule has 2 aromatic rings. The van der Waals surface area contributed by atoms with E-state index in [0.717, 1.165) is 6.07 Å². The van der Waals surface area contributed by atoms with E-state index in [1.165, 1.54) is 19.2 Å². The standard InChI is InChI=1S/C14H9F4NO2/c1-21-12-3-2-8(6-9(12)15)19-14(20)7-4-10(16)13(18)11(17)5-7/h2-6H,1H3,(H,19,20). The highest BCUT2D eigenvalue weighted by Gasteiger charge is 2.15. The molecular weight excluding hydrogens is 290 g/mol. The van der Waals surface area contributed by atoms with Crippen LogP contribution in [0.15, 0.2) is 30.3 Å². The number of rotatable bonds is 3. The SMILES string of the molecule is COc1ccc(NC(=O)c2cc(F)c(F)c(F)c2)cc1F. The second kappa shape index (κ2) is 5.82. The highest BCUT2D eigenvalue weighted by atomic mass is 19.2. The van der Waals surface area contributed by atoms with Crippen LogP contribution >= 0.6 is 0 Å². The van der Waals surface area contributed by atoms with E-state index in [1.807, 2.05) is 0 Å². The Balaban J connectivity index is 2.24. The number of ether oxygens (including phenoxy) is 1. The van der Waals surface area contributed by atoms with Gasteiger partial charge in [-0.05, 0) is 24.3 Å². The average Bonchev–Trinajstić information content (AvgIpc) is 2.44. The van der Waals surface area contributed by atoms with E-state index in [-0.39, 0.29) is 11.4 Å². The van der Waals surface area contributed by atoms with Crippen LogP contribution in [0.1, 0.15) is 10.4 Å². The highest BCUT2D eigenvalue weighted by molar-refractivity contribution is 6.04. The van der Waals surface area contributed by atoms with Crippen molar-refractivity contribution in [3.05, 3.63) is 59.2 Å². The second-order valence-electron chi connectivity index (χ2n) is 4.06. The molecule has 0 aromatic heterocycles. The number of halogens is 4. The number of nitrogens with one attached hydrogen (secondary N) is 1. The molecule has 0 aliphatic heterocycles. The third-order valence-corrected chi connectivity index (χ3v) is 2.66. The summed E-state index contributed by atoms with van der Waals surface area (Å²) < 4.78 is 57.0. The molecule has 110 valence electrons. The zero-order chi connectivity index (χ0) is 15.6. The minimum Gasteiger partial charge on any atom is -0.494 e. The Bertz CT molecular complexity index is 680. The molecule has 0 unspecified atom stereocenters. The average molecular weight is 299 g/mol. The number of benzene rings is 2. The van der Waals surface area contributed by atoms with Crippen LogP contribution in [-0.4, -0.2) is 13.0 Å². The van der Waals surface area contributed by atoms with Crippen LogP contribution in [0.2, 0.25) is 0 Å². The van der Waals surface area contributed by atoms with E-state index in [0.29, 0.717) is 12.1 Å². The Kier molecular flexibility index (Phi) is 4.11. The summed E-state index contributed by atoms with van der Waals surface area (Å²) in [4.78, 5) is 11.8. The molecule has 0 atom stereocenters. The van der Waals surface area contributed by atoms with Gasteiger partial charge in [0.2, 0.25) is 0 Å². The maximum atomic E-state index is 13.4. The number of anilines is 1. The van der Waals surface area contributed by atoms with Crippen molar-refractivity contribution < 1.29 is 27.1 Å². The number of hydrogen-bond acceptors (Lipinski definition) is 2. The van der Waals surface area contributed by atoms with Crippen LogP contribution in [0.25, 0.3) is 0 Å². The summed E-state index contributed by atoms with van der Waals surface area (Å²) >= 11 is 0. The smallest absolute Gasteiger partial charge is 0.255 e. The fourth-order valence-electron chi connectivity index (χ4n) is 1.63. The summed E-state index contributed by atoms with van der Waals surface area (Å²) in [6, 6.07) is 4.70. The monoisotopic (exact) mass is 299 g/mol. The van der Waals surface area contributed by atoms with Crippen molar-refractivity contribution in [3.63, 3.8) is 0 Å². The molecule has 1 amide bonds. The molecule has 3 nitrogen and oxygen atoms in total. The van der Waals surface area contributed by atoms with Crippen molar-refractivity contribution in [2.45, 2.75) is 0 Å². The highest BCUT2D eigenvalue weighted by Crippen LogP contribution is 2.21. The molecule has 0 aliphatic rings. The molecule has 7 heteroatoms. The van der Waals surface area contributed by atoms with Crippen LogP contribution in [0.5, 0.6) is 5.75 Å². The minimum atomic E-state index is -1.66. The first-order valence-corrected chi connectivity index (χ1v) is 5.72. The Morgan fingerprint density at radius 3 is 2.14 bits per heavy atom. The van der Waals surface area contributed by atoms with Gasteiger partial charge < -0.3 is 10.1 Å². The molecule has 2 rings (SSSR count). The van der Waals surface area contributed by atoms with Crippen LogP contribution in [0.3, 0.4) is 0 Å². The van der Waals surface area contributed by atoms with Crippen molar-refractivity contribution in [2.24, 2.45) is 0 Å². The lowest BCUT2D eigenvalue weighted by molar-refractivity contribution is 0.102. The predicted octanol–water partition coefficient (Wildman–Crippen LogP) is 3.50. The summed E-state index contributed by atoms with van der Waals surface area (Å²) in [5.74, 6) is -6.28. The van der Waals surface area contributed by atoms with E-state index in [1.54, 1.807) is 0 Å². The van der Waals surface area contributed by atoms with Crippen molar-refractivity contribution in [3.8, 4) is 5.75 Å². The van der Waals surface area contributed by atoms with Gasteiger partial charge in [-0.15, -0.1) is 0 Å². The molecule has 21 heavy (non-hydrogen) atoms. The van der Waals surface area contributed by atoms with Crippen LogP contribution < -0.4 is 10.1 Å². The first-order valence-electron chi connectivity index (χ1n) is 5.72. The number of hydrogen-bond donors (Lipinski definition) is 1. The number of carbonyl (C=O) groups excluding carboxylic acids is 1. The Morgan fingerprint density at radius 2 is 1.62 bits per heavy atom. The molecular formula is C14H9F4NO2. The summed E-state index contributed by atoms with van der Waals surface area (Å²) in [6.07, 6.45) is 0. The zero-order valence-electron chi connectivity index (χ0n) is 10.7. The number of amides is 1. The quantitative estimate of drug-likeness (QED) is 0.696. The maximum absolute atomic E-state index is 13.4. The van der Waals surface area contributed by atoms with Crippen LogP contribution in [0, 0.1) is 23.3 Å². The lowest BCUT2D eigenvalue weighted by Gasteiger charge is -2.08. The van der Waals surface area contributed by atoms with E-state index >= 15 is 0 Å².